The lowest BCUT2D eigenvalue weighted by molar-refractivity contribution is 0.0942. The van der Waals surface area contributed by atoms with Crippen LogP contribution in [0.25, 0.3) is 5.69 Å². The highest BCUT2D eigenvalue weighted by Crippen LogP contribution is 2.23. The zero-order valence-electron chi connectivity index (χ0n) is 17.3. The van der Waals surface area contributed by atoms with E-state index >= 15 is 0 Å². The van der Waals surface area contributed by atoms with Gasteiger partial charge in [0.05, 0.1) is 5.69 Å². The lowest BCUT2D eigenvalue weighted by atomic mass is 10.1. The Kier molecular flexibility index (Phi) is 5.17. The number of hydrogen-bond donors (Lipinski definition) is 2. The quantitative estimate of drug-likeness (QED) is 0.627. The van der Waals surface area contributed by atoms with Crippen LogP contribution in [-0.4, -0.2) is 47.9 Å². The van der Waals surface area contributed by atoms with Gasteiger partial charge in [-0.3, -0.25) is 14.2 Å². The minimum absolute atomic E-state index is 0.00117. The Labute approximate surface area is 177 Å². The molecule has 4 rings (SSSR count). The Morgan fingerprint density at radius 3 is 2.77 bits per heavy atom. The molecule has 0 unspecified atom stereocenters. The molecular weight excluding hydrogens is 405 g/mol. The van der Waals surface area contributed by atoms with E-state index in [1.807, 2.05) is 18.7 Å². The summed E-state index contributed by atoms with van der Waals surface area (Å²) in [7, 11) is 0. The highest BCUT2D eigenvalue weighted by atomic mass is 19.1. The molecule has 10 nitrogen and oxygen atoms in total. The molecule has 11 heteroatoms. The number of aryl methyl sites for hydroxylation is 1. The van der Waals surface area contributed by atoms with Crippen molar-refractivity contribution in [2.24, 2.45) is 0 Å². The second kappa shape index (κ2) is 7.82. The summed E-state index contributed by atoms with van der Waals surface area (Å²) in [5.74, 6) is -0.959. The highest BCUT2D eigenvalue weighted by molar-refractivity contribution is 5.95. The Hall–Kier alpha value is -3.76. The number of hydrogen-bond acceptors (Lipinski definition) is 7. The Bertz CT molecular complexity index is 1220. The summed E-state index contributed by atoms with van der Waals surface area (Å²) in [5, 5.41) is 17.0. The van der Waals surface area contributed by atoms with Gasteiger partial charge in [0.15, 0.2) is 5.69 Å². The number of anilines is 1. The Morgan fingerprint density at radius 2 is 2.10 bits per heavy atom. The van der Waals surface area contributed by atoms with Crippen molar-refractivity contribution in [2.75, 3.05) is 11.4 Å². The van der Waals surface area contributed by atoms with E-state index in [0.717, 1.165) is 0 Å². The standard InChI is InChI=1S/C20H22FN7O3/c1-11(2)26-6-7-27-19(31)17(29)16(25-20(26)27)18(30)22-9-13-4-5-14(21)8-15(13)28-12(3)23-10-24-28/h4-5,8,10-11,29H,6-7,9H2,1-3H3,(H,22,30). The van der Waals surface area contributed by atoms with Gasteiger partial charge in [0.25, 0.3) is 11.5 Å². The van der Waals surface area contributed by atoms with Crippen LogP contribution in [0.4, 0.5) is 10.3 Å². The molecule has 162 valence electrons. The van der Waals surface area contributed by atoms with E-state index in [9.17, 15) is 19.1 Å². The van der Waals surface area contributed by atoms with Crippen LogP contribution in [0.5, 0.6) is 5.75 Å². The van der Waals surface area contributed by atoms with Crippen LogP contribution in [0, 0.1) is 12.7 Å². The van der Waals surface area contributed by atoms with Crippen molar-refractivity contribution < 1.29 is 14.3 Å². The van der Waals surface area contributed by atoms with E-state index in [0.29, 0.717) is 36.1 Å². The number of benzene rings is 1. The maximum absolute atomic E-state index is 13.8. The van der Waals surface area contributed by atoms with Gasteiger partial charge in [-0.2, -0.15) is 5.10 Å². The number of aromatic nitrogens is 5. The van der Waals surface area contributed by atoms with Crippen LogP contribution in [0.2, 0.25) is 0 Å². The van der Waals surface area contributed by atoms with Crippen molar-refractivity contribution in [2.45, 2.75) is 39.9 Å². The zero-order valence-corrected chi connectivity index (χ0v) is 17.3. The van der Waals surface area contributed by atoms with Gasteiger partial charge in [0, 0.05) is 25.7 Å². The number of halogens is 1. The Morgan fingerprint density at radius 1 is 1.32 bits per heavy atom. The first-order chi connectivity index (χ1) is 14.8. The van der Waals surface area contributed by atoms with Gasteiger partial charge in [-0.25, -0.2) is 19.0 Å². The number of rotatable bonds is 5. The second-order valence-electron chi connectivity index (χ2n) is 7.53. The maximum atomic E-state index is 13.8. The van der Waals surface area contributed by atoms with Crippen LogP contribution in [-0.2, 0) is 13.1 Å². The fraction of sp³-hybridized carbons (Fsp3) is 0.350. The molecule has 31 heavy (non-hydrogen) atoms. The van der Waals surface area contributed by atoms with Crippen LogP contribution in [0.3, 0.4) is 0 Å². The number of aromatic hydroxyl groups is 1. The first-order valence-electron chi connectivity index (χ1n) is 9.82. The smallest absolute Gasteiger partial charge is 0.298 e. The average molecular weight is 427 g/mol. The summed E-state index contributed by atoms with van der Waals surface area (Å²) < 4.78 is 16.6. The number of carbonyl (C=O) groups excluding carboxylic acids is 1. The van der Waals surface area contributed by atoms with E-state index < -0.39 is 23.0 Å². The van der Waals surface area contributed by atoms with Crippen LogP contribution >= 0.6 is 0 Å². The summed E-state index contributed by atoms with van der Waals surface area (Å²) in [6.45, 7) is 6.60. The highest BCUT2D eigenvalue weighted by Gasteiger charge is 2.29. The lowest BCUT2D eigenvalue weighted by Gasteiger charge is -2.21. The molecular formula is C20H22FN7O3. The molecule has 0 saturated carbocycles. The molecule has 0 bridgehead atoms. The zero-order chi connectivity index (χ0) is 22.3. The average Bonchev–Trinajstić information content (AvgIpc) is 3.35. The summed E-state index contributed by atoms with van der Waals surface area (Å²) in [6, 6.07) is 4.17. The monoisotopic (exact) mass is 427 g/mol. The van der Waals surface area contributed by atoms with Crippen molar-refractivity contribution >= 4 is 11.9 Å². The fourth-order valence-corrected chi connectivity index (χ4v) is 3.59. The molecule has 0 radical (unpaired) electrons. The molecule has 2 aromatic heterocycles. The predicted molar refractivity (Wildman–Crippen MR) is 110 cm³/mol. The van der Waals surface area contributed by atoms with Gasteiger partial charge < -0.3 is 15.3 Å². The first kappa shape index (κ1) is 20.5. The normalized spacial score (nSPS) is 13.0. The number of nitrogens with one attached hydrogen (secondary N) is 1. The topological polar surface area (TPSA) is 118 Å². The van der Waals surface area contributed by atoms with Gasteiger partial charge in [-0.1, -0.05) is 6.07 Å². The fourth-order valence-electron chi connectivity index (χ4n) is 3.59. The third-order valence-corrected chi connectivity index (χ3v) is 5.22. The molecule has 3 aromatic rings. The molecule has 0 saturated heterocycles. The van der Waals surface area contributed by atoms with E-state index in [2.05, 4.69) is 20.4 Å². The Balaban J connectivity index is 1.63. The van der Waals surface area contributed by atoms with Crippen LogP contribution in [0.15, 0.2) is 29.3 Å². The van der Waals surface area contributed by atoms with E-state index in [4.69, 9.17) is 0 Å². The van der Waals surface area contributed by atoms with Gasteiger partial charge in [-0.15, -0.1) is 0 Å². The SMILES string of the molecule is Cc1ncnn1-c1cc(F)ccc1CNC(=O)c1nc2n(c(=O)c1O)CCN2C(C)C. The van der Waals surface area contributed by atoms with Gasteiger partial charge in [0.2, 0.25) is 11.7 Å². The van der Waals surface area contributed by atoms with Crippen molar-refractivity contribution in [1.29, 1.82) is 0 Å². The lowest BCUT2D eigenvalue weighted by Crippen LogP contribution is -2.32. The summed E-state index contributed by atoms with van der Waals surface area (Å²) in [4.78, 5) is 35.5. The van der Waals surface area contributed by atoms with Crippen LogP contribution in [0.1, 0.15) is 35.7 Å². The molecule has 1 aliphatic rings. The largest absolute Gasteiger partial charge is 0.501 e. The molecule has 2 N–H and O–H groups in total. The summed E-state index contributed by atoms with van der Waals surface area (Å²) in [6.07, 6.45) is 1.35. The van der Waals surface area contributed by atoms with Gasteiger partial charge in [-0.05, 0) is 38.5 Å². The van der Waals surface area contributed by atoms with Crippen molar-refractivity contribution in [3.8, 4) is 11.4 Å². The second-order valence-corrected chi connectivity index (χ2v) is 7.53. The molecule has 0 spiro atoms. The molecule has 0 aliphatic carbocycles. The third kappa shape index (κ3) is 3.62. The minimum Gasteiger partial charge on any atom is -0.501 e. The summed E-state index contributed by atoms with van der Waals surface area (Å²) in [5.41, 5.74) is 0.000394. The minimum atomic E-state index is -0.709. The number of carbonyl (C=O) groups is 1. The van der Waals surface area contributed by atoms with Crippen molar-refractivity contribution in [1.82, 2.24) is 29.6 Å². The predicted octanol–water partition coefficient (Wildman–Crippen LogP) is 1.14. The van der Waals surface area contributed by atoms with Crippen molar-refractivity contribution in [3.05, 3.63) is 57.8 Å². The van der Waals surface area contributed by atoms with E-state index in [1.165, 1.54) is 33.8 Å². The van der Waals surface area contributed by atoms with Gasteiger partial charge >= 0.3 is 0 Å². The molecule has 3 heterocycles. The van der Waals surface area contributed by atoms with Gasteiger partial charge in [0.1, 0.15) is 18.0 Å². The van der Waals surface area contributed by atoms with Crippen LogP contribution < -0.4 is 15.8 Å². The number of amides is 1. The molecule has 0 atom stereocenters. The van der Waals surface area contributed by atoms with E-state index in [1.54, 1.807) is 6.92 Å². The first-order valence-corrected chi connectivity index (χ1v) is 9.82. The molecule has 1 aromatic carbocycles. The molecule has 1 amide bonds. The molecule has 0 fully saturated rings. The summed E-state index contributed by atoms with van der Waals surface area (Å²) >= 11 is 0. The van der Waals surface area contributed by atoms with E-state index in [-0.39, 0.29) is 18.3 Å². The maximum Gasteiger partial charge on any atom is 0.298 e. The third-order valence-electron chi connectivity index (χ3n) is 5.22. The van der Waals surface area contributed by atoms with Crippen molar-refractivity contribution in [3.63, 3.8) is 0 Å². The number of fused-ring (bicyclic) bond motifs is 1. The number of nitrogens with zero attached hydrogens (tertiary/aromatic N) is 6. The molecule has 1 aliphatic heterocycles.